The summed E-state index contributed by atoms with van der Waals surface area (Å²) < 4.78 is 15.9. The fraction of sp³-hybridized carbons (Fsp3) is 0.208. The minimum atomic E-state index is -0.569. The number of carbonyl (C=O) groups excluding carboxylic acids is 1. The number of aromatic nitrogens is 3. The van der Waals surface area contributed by atoms with Gasteiger partial charge in [0.1, 0.15) is 17.4 Å². The van der Waals surface area contributed by atoms with E-state index in [-0.39, 0.29) is 11.6 Å². The van der Waals surface area contributed by atoms with Crippen LogP contribution in [0.5, 0.6) is 0 Å². The quantitative estimate of drug-likeness (QED) is 0.376. The third-order valence-electron chi connectivity index (χ3n) is 5.04. The predicted octanol–water partition coefficient (Wildman–Crippen LogP) is 5.76. The Bertz CT molecular complexity index is 1210. The van der Waals surface area contributed by atoms with Crippen LogP contribution in [0.1, 0.15) is 30.5 Å². The molecule has 31 heavy (non-hydrogen) atoms. The zero-order valence-corrected chi connectivity index (χ0v) is 18.2. The fourth-order valence-electron chi connectivity index (χ4n) is 3.39. The zero-order valence-electron chi connectivity index (χ0n) is 17.4. The van der Waals surface area contributed by atoms with Gasteiger partial charge in [-0.05, 0) is 43.2 Å². The monoisotopic (exact) mass is 434 g/mol. The first-order chi connectivity index (χ1) is 15.1. The summed E-state index contributed by atoms with van der Waals surface area (Å²) in [4.78, 5) is 22.3. The summed E-state index contributed by atoms with van der Waals surface area (Å²) in [5.74, 6) is -0.0439. The minimum Gasteiger partial charge on any atom is -0.322 e. The van der Waals surface area contributed by atoms with Crippen LogP contribution in [0.25, 0.3) is 11.2 Å². The van der Waals surface area contributed by atoms with E-state index in [1.54, 1.807) is 36.2 Å². The van der Waals surface area contributed by atoms with Gasteiger partial charge in [-0.2, -0.15) is 0 Å². The van der Waals surface area contributed by atoms with Crippen molar-refractivity contribution in [2.45, 2.75) is 37.2 Å². The summed E-state index contributed by atoms with van der Waals surface area (Å²) in [6.07, 6.45) is 2.21. The van der Waals surface area contributed by atoms with Crippen LogP contribution >= 0.6 is 11.8 Å². The molecule has 7 heteroatoms. The number of amides is 1. The molecule has 158 valence electrons. The number of halogens is 1. The van der Waals surface area contributed by atoms with E-state index >= 15 is 0 Å². The van der Waals surface area contributed by atoms with Crippen molar-refractivity contribution in [2.75, 3.05) is 5.32 Å². The molecular weight excluding hydrogens is 411 g/mol. The van der Waals surface area contributed by atoms with Crippen LogP contribution in [-0.2, 0) is 10.5 Å². The first-order valence-corrected chi connectivity index (χ1v) is 11.1. The number of thioether (sulfide) groups is 1. The number of fused-ring (bicyclic) bond motifs is 1. The Morgan fingerprint density at radius 3 is 2.65 bits per heavy atom. The maximum absolute atomic E-state index is 14.1. The number of carbonyl (C=O) groups is 1. The average Bonchev–Trinajstić information content (AvgIpc) is 3.14. The Morgan fingerprint density at radius 1 is 1.13 bits per heavy atom. The first kappa shape index (κ1) is 21.1. The van der Waals surface area contributed by atoms with Gasteiger partial charge in [-0.1, -0.05) is 60.6 Å². The molecule has 4 rings (SSSR count). The first-order valence-electron chi connectivity index (χ1n) is 10.1. The number of aryl methyl sites for hydroxylation is 1. The van der Waals surface area contributed by atoms with Crippen molar-refractivity contribution >= 4 is 34.5 Å². The van der Waals surface area contributed by atoms with Crippen molar-refractivity contribution in [3.63, 3.8) is 0 Å². The number of nitrogens with zero attached hydrogens (tertiary/aromatic N) is 3. The summed E-state index contributed by atoms with van der Waals surface area (Å²) in [5, 5.41) is 3.43. The summed E-state index contributed by atoms with van der Waals surface area (Å²) in [7, 11) is 0. The standard InChI is InChI=1S/C24H23FN4OS/c1-3-21(23(30)27-19-8-5-4-7-18(19)25)29-22-20(9-6-14-26-22)28-24(29)31-15-17-12-10-16(2)11-13-17/h4-14,21H,3,15H2,1-2H3,(H,27,30). The van der Waals surface area contributed by atoms with Crippen molar-refractivity contribution in [3.05, 3.63) is 83.8 Å². The third kappa shape index (κ3) is 4.61. The van der Waals surface area contributed by atoms with Crippen molar-refractivity contribution in [1.29, 1.82) is 0 Å². The number of hydrogen-bond donors (Lipinski definition) is 1. The summed E-state index contributed by atoms with van der Waals surface area (Å²) in [5.41, 5.74) is 3.92. The number of anilines is 1. The van der Waals surface area contributed by atoms with Crippen LogP contribution in [0.4, 0.5) is 10.1 Å². The Hall–Kier alpha value is -3.19. The molecule has 1 amide bonds. The molecule has 0 saturated heterocycles. The highest BCUT2D eigenvalue weighted by atomic mass is 32.2. The number of benzene rings is 2. The number of imidazole rings is 1. The molecule has 0 bridgehead atoms. The maximum Gasteiger partial charge on any atom is 0.247 e. The van der Waals surface area contributed by atoms with E-state index in [1.165, 1.54) is 17.2 Å². The lowest BCUT2D eigenvalue weighted by Crippen LogP contribution is -2.26. The predicted molar refractivity (Wildman–Crippen MR) is 123 cm³/mol. The molecule has 5 nitrogen and oxygen atoms in total. The molecule has 0 aliphatic rings. The van der Waals surface area contributed by atoms with Gasteiger partial charge in [-0.3, -0.25) is 9.36 Å². The number of nitrogens with one attached hydrogen (secondary N) is 1. The van der Waals surface area contributed by atoms with E-state index < -0.39 is 11.9 Å². The molecule has 1 N–H and O–H groups in total. The highest BCUT2D eigenvalue weighted by Crippen LogP contribution is 2.31. The van der Waals surface area contributed by atoms with Gasteiger partial charge < -0.3 is 5.32 Å². The van der Waals surface area contributed by atoms with E-state index in [9.17, 15) is 9.18 Å². The van der Waals surface area contributed by atoms with Crippen molar-refractivity contribution in [2.24, 2.45) is 0 Å². The lowest BCUT2D eigenvalue weighted by atomic mass is 10.2. The van der Waals surface area contributed by atoms with Crippen LogP contribution in [0.2, 0.25) is 0 Å². The van der Waals surface area contributed by atoms with E-state index in [0.29, 0.717) is 17.2 Å². The van der Waals surface area contributed by atoms with Gasteiger partial charge in [-0.25, -0.2) is 14.4 Å². The van der Waals surface area contributed by atoms with Crippen molar-refractivity contribution in [3.8, 4) is 0 Å². The Balaban J connectivity index is 1.66. The summed E-state index contributed by atoms with van der Waals surface area (Å²) >= 11 is 1.56. The van der Waals surface area contributed by atoms with E-state index in [2.05, 4.69) is 41.5 Å². The summed E-state index contributed by atoms with van der Waals surface area (Å²) in [6.45, 7) is 3.98. The molecule has 4 aromatic rings. The van der Waals surface area contributed by atoms with Crippen molar-refractivity contribution in [1.82, 2.24) is 14.5 Å². The second-order valence-corrected chi connectivity index (χ2v) is 8.22. The largest absolute Gasteiger partial charge is 0.322 e. The van der Waals surface area contributed by atoms with Gasteiger partial charge in [0.15, 0.2) is 10.8 Å². The third-order valence-corrected chi connectivity index (χ3v) is 6.06. The van der Waals surface area contributed by atoms with Gasteiger partial charge in [0.2, 0.25) is 5.91 Å². The molecule has 1 atom stereocenters. The number of hydrogen-bond acceptors (Lipinski definition) is 4. The van der Waals surface area contributed by atoms with Crippen LogP contribution in [0.15, 0.2) is 72.0 Å². The molecule has 0 fully saturated rings. The lowest BCUT2D eigenvalue weighted by Gasteiger charge is -2.19. The number of pyridine rings is 1. The van der Waals surface area contributed by atoms with Crippen LogP contribution in [0, 0.1) is 12.7 Å². The Morgan fingerprint density at radius 2 is 1.90 bits per heavy atom. The minimum absolute atomic E-state index is 0.164. The lowest BCUT2D eigenvalue weighted by molar-refractivity contribution is -0.119. The topological polar surface area (TPSA) is 59.8 Å². The molecule has 0 spiro atoms. The molecule has 0 radical (unpaired) electrons. The molecule has 1 unspecified atom stereocenters. The second kappa shape index (κ2) is 9.31. The van der Waals surface area contributed by atoms with Crippen molar-refractivity contribution < 1.29 is 9.18 Å². The molecular formula is C24H23FN4OS. The zero-order chi connectivity index (χ0) is 21.8. The molecule has 2 aromatic carbocycles. The van der Waals surface area contributed by atoms with Crippen LogP contribution in [0.3, 0.4) is 0 Å². The fourth-order valence-corrected chi connectivity index (χ4v) is 4.39. The highest BCUT2D eigenvalue weighted by Gasteiger charge is 2.26. The van der Waals surface area contributed by atoms with Gasteiger partial charge in [0, 0.05) is 11.9 Å². The summed E-state index contributed by atoms with van der Waals surface area (Å²) in [6, 6.07) is 17.7. The smallest absolute Gasteiger partial charge is 0.247 e. The molecule has 2 aromatic heterocycles. The molecule has 0 saturated carbocycles. The van der Waals surface area contributed by atoms with Gasteiger partial charge in [0.25, 0.3) is 0 Å². The Kier molecular flexibility index (Phi) is 6.32. The van der Waals surface area contributed by atoms with Crippen LogP contribution in [-0.4, -0.2) is 20.4 Å². The normalized spacial score (nSPS) is 12.1. The second-order valence-electron chi connectivity index (χ2n) is 7.28. The van der Waals surface area contributed by atoms with Gasteiger partial charge in [0.05, 0.1) is 5.69 Å². The van der Waals surface area contributed by atoms with Crippen LogP contribution < -0.4 is 5.32 Å². The number of para-hydroxylation sites is 1. The number of rotatable bonds is 7. The Labute approximate surface area is 184 Å². The maximum atomic E-state index is 14.1. The molecule has 0 aliphatic heterocycles. The molecule has 0 aliphatic carbocycles. The van der Waals surface area contributed by atoms with E-state index in [0.717, 1.165) is 11.3 Å². The highest BCUT2D eigenvalue weighted by molar-refractivity contribution is 7.98. The average molecular weight is 435 g/mol. The molecule has 2 heterocycles. The van der Waals surface area contributed by atoms with Gasteiger partial charge in [-0.15, -0.1) is 0 Å². The van der Waals surface area contributed by atoms with E-state index in [1.807, 2.05) is 23.6 Å². The van der Waals surface area contributed by atoms with Gasteiger partial charge >= 0.3 is 0 Å². The SMILES string of the molecule is CCC(C(=O)Nc1ccccc1F)n1c(SCc2ccc(C)cc2)nc2cccnc21. The van der Waals surface area contributed by atoms with E-state index in [4.69, 9.17) is 4.98 Å².